The van der Waals surface area contributed by atoms with Crippen LogP contribution < -0.4 is 4.74 Å². The van der Waals surface area contributed by atoms with Crippen LogP contribution in [0.2, 0.25) is 0 Å². The summed E-state index contributed by atoms with van der Waals surface area (Å²) in [6, 6.07) is 3.60. The van der Waals surface area contributed by atoms with Crippen molar-refractivity contribution in [2.45, 2.75) is 26.1 Å². The largest absolute Gasteiger partial charge is 0.479 e. The highest BCUT2D eigenvalue weighted by Crippen LogP contribution is 2.31. The summed E-state index contributed by atoms with van der Waals surface area (Å²) in [6.45, 7) is -1.66. The average molecular weight is 274 g/mol. The van der Waals surface area contributed by atoms with Gasteiger partial charge < -0.3 is 14.9 Å². The first-order valence-corrected chi connectivity index (χ1v) is 5.40. The molecule has 0 fully saturated rings. The summed E-state index contributed by atoms with van der Waals surface area (Å²) in [6.07, 6.45) is -2.07. The van der Waals surface area contributed by atoms with Crippen molar-refractivity contribution in [2.24, 2.45) is 0 Å². The van der Waals surface area contributed by atoms with E-state index in [2.05, 4.69) is 4.74 Å². The van der Waals surface area contributed by atoms with E-state index in [1.807, 2.05) is 0 Å². The lowest BCUT2D eigenvalue weighted by Crippen LogP contribution is -2.17. The van der Waals surface area contributed by atoms with E-state index in [0.29, 0.717) is 0 Å². The minimum absolute atomic E-state index is 0.0392. The molecule has 1 rings (SSSR count). The zero-order chi connectivity index (χ0) is 14.6. The molecule has 5 nitrogen and oxygen atoms in total. The van der Waals surface area contributed by atoms with Gasteiger partial charge in [-0.25, -0.2) is 4.79 Å². The molecule has 1 atom stereocenters. The van der Waals surface area contributed by atoms with Crippen molar-refractivity contribution in [1.29, 1.82) is 0 Å². The number of aliphatic hydroxyl groups excluding tert-OH is 1. The maximum Gasteiger partial charge on any atom is 0.387 e. The molecule has 0 aromatic heterocycles. The van der Waals surface area contributed by atoms with Gasteiger partial charge in [-0.2, -0.15) is 8.78 Å². The smallest absolute Gasteiger partial charge is 0.387 e. The molecular formula is C12H12F2O5. The van der Waals surface area contributed by atoms with Crippen molar-refractivity contribution in [2.75, 3.05) is 0 Å². The van der Waals surface area contributed by atoms with Gasteiger partial charge in [-0.15, -0.1) is 0 Å². The maximum atomic E-state index is 12.2. The molecule has 19 heavy (non-hydrogen) atoms. The zero-order valence-electron chi connectivity index (χ0n) is 9.97. The fraction of sp³-hybridized carbons (Fsp3) is 0.333. The van der Waals surface area contributed by atoms with Gasteiger partial charge in [0.05, 0.1) is 0 Å². The van der Waals surface area contributed by atoms with Crippen LogP contribution in [0.25, 0.3) is 0 Å². The van der Waals surface area contributed by atoms with Crippen molar-refractivity contribution >= 4 is 11.8 Å². The Hall–Kier alpha value is -2.02. The molecule has 104 valence electrons. The summed E-state index contributed by atoms with van der Waals surface area (Å²) in [7, 11) is 0. The number of hydrogen-bond acceptors (Lipinski definition) is 4. The fourth-order valence-electron chi connectivity index (χ4n) is 1.58. The number of halogens is 2. The maximum absolute atomic E-state index is 12.2. The number of Topliss-reactive ketones (excluding diaryl/α,β-unsaturated/α-hetero) is 1. The molecule has 0 saturated carbocycles. The van der Waals surface area contributed by atoms with E-state index >= 15 is 0 Å². The van der Waals surface area contributed by atoms with Gasteiger partial charge in [0.2, 0.25) is 0 Å². The van der Waals surface area contributed by atoms with Gasteiger partial charge in [0.15, 0.2) is 11.9 Å². The molecule has 0 aliphatic carbocycles. The Labute approximate surface area is 107 Å². The summed E-state index contributed by atoms with van der Waals surface area (Å²) >= 11 is 0. The van der Waals surface area contributed by atoms with E-state index < -0.39 is 35.8 Å². The van der Waals surface area contributed by atoms with Crippen molar-refractivity contribution < 1.29 is 33.3 Å². The van der Waals surface area contributed by atoms with Crippen LogP contribution in [0.4, 0.5) is 8.78 Å². The van der Waals surface area contributed by atoms with Crippen molar-refractivity contribution in [3.05, 3.63) is 29.3 Å². The Morgan fingerprint density at radius 2 is 2.00 bits per heavy atom. The van der Waals surface area contributed by atoms with Gasteiger partial charge in [0, 0.05) is 17.5 Å². The highest BCUT2D eigenvalue weighted by atomic mass is 19.3. The summed E-state index contributed by atoms with van der Waals surface area (Å²) in [5.74, 6) is -2.66. The monoisotopic (exact) mass is 274 g/mol. The predicted molar refractivity (Wildman–Crippen MR) is 60.3 cm³/mol. The van der Waals surface area contributed by atoms with Gasteiger partial charge in [-0.05, 0) is 6.07 Å². The van der Waals surface area contributed by atoms with Crippen LogP contribution in [0.15, 0.2) is 18.2 Å². The molecule has 0 radical (unpaired) electrons. The van der Waals surface area contributed by atoms with E-state index in [4.69, 9.17) is 5.11 Å². The molecule has 0 spiro atoms. The second-order valence-corrected chi connectivity index (χ2v) is 3.61. The van der Waals surface area contributed by atoms with Crippen LogP contribution in [-0.4, -0.2) is 28.6 Å². The number of carboxylic acids is 1. The van der Waals surface area contributed by atoms with Gasteiger partial charge in [0.25, 0.3) is 0 Å². The third kappa shape index (κ3) is 3.47. The first-order valence-electron chi connectivity index (χ1n) is 5.40. The van der Waals surface area contributed by atoms with Gasteiger partial charge in [0.1, 0.15) is 5.75 Å². The molecule has 0 aliphatic rings. The molecule has 0 aliphatic heterocycles. The van der Waals surface area contributed by atoms with Crippen LogP contribution in [-0.2, 0) is 4.79 Å². The summed E-state index contributed by atoms with van der Waals surface area (Å²) in [5, 5.41) is 18.3. The fourth-order valence-corrected chi connectivity index (χ4v) is 1.58. The average Bonchev–Trinajstić information content (AvgIpc) is 2.35. The van der Waals surface area contributed by atoms with Crippen molar-refractivity contribution in [3.8, 4) is 5.75 Å². The normalized spacial score (nSPS) is 12.3. The lowest BCUT2D eigenvalue weighted by atomic mass is 9.97. The molecule has 0 bridgehead atoms. The molecule has 7 heteroatoms. The second kappa shape index (κ2) is 6.24. The van der Waals surface area contributed by atoms with Gasteiger partial charge >= 0.3 is 12.6 Å². The molecule has 1 aromatic carbocycles. The summed E-state index contributed by atoms with van der Waals surface area (Å²) in [4.78, 5) is 22.4. The Morgan fingerprint density at radius 1 is 1.37 bits per heavy atom. The van der Waals surface area contributed by atoms with Crippen molar-refractivity contribution in [3.63, 3.8) is 0 Å². The standard InChI is InChI=1S/C12H12F2O5/c1-2-7(15)6-4-3-5-8(19-12(13)14)9(6)10(16)11(17)18/h3-5,10,12,16H,2H2,1H3,(H,17,18). The lowest BCUT2D eigenvalue weighted by molar-refractivity contribution is -0.147. The zero-order valence-corrected chi connectivity index (χ0v) is 9.97. The highest BCUT2D eigenvalue weighted by molar-refractivity contribution is 5.99. The minimum atomic E-state index is -3.19. The number of rotatable bonds is 6. The Kier molecular flexibility index (Phi) is 4.94. The number of carbonyl (C=O) groups excluding carboxylic acids is 1. The Balaban J connectivity index is 3.39. The van der Waals surface area contributed by atoms with Crippen LogP contribution in [0, 0.1) is 0 Å². The Bertz CT molecular complexity index is 487. The number of carboxylic acid groups (broad SMARTS) is 1. The van der Waals surface area contributed by atoms with Gasteiger partial charge in [-0.3, -0.25) is 4.79 Å². The number of ketones is 1. The predicted octanol–water partition coefficient (Wildman–Crippen LogP) is 2.00. The Morgan fingerprint density at radius 3 is 2.47 bits per heavy atom. The third-order valence-electron chi connectivity index (χ3n) is 2.41. The van der Waals surface area contributed by atoms with E-state index in [0.717, 1.165) is 6.07 Å². The second-order valence-electron chi connectivity index (χ2n) is 3.61. The number of ether oxygens (including phenoxy) is 1. The van der Waals surface area contributed by atoms with Crippen LogP contribution in [0.5, 0.6) is 5.75 Å². The summed E-state index contributed by atoms with van der Waals surface area (Å²) < 4.78 is 28.6. The van der Waals surface area contributed by atoms with E-state index in [1.165, 1.54) is 19.1 Å². The number of hydrogen-bond donors (Lipinski definition) is 2. The molecule has 2 N–H and O–H groups in total. The van der Waals surface area contributed by atoms with E-state index in [9.17, 15) is 23.5 Å². The number of benzene rings is 1. The lowest BCUT2D eigenvalue weighted by Gasteiger charge is -2.16. The first kappa shape index (κ1) is 15.0. The number of aliphatic hydroxyl groups is 1. The molecular weight excluding hydrogens is 262 g/mol. The molecule has 0 amide bonds. The third-order valence-corrected chi connectivity index (χ3v) is 2.41. The molecule has 0 heterocycles. The van der Waals surface area contributed by atoms with Crippen LogP contribution in [0.3, 0.4) is 0 Å². The summed E-state index contributed by atoms with van der Waals surface area (Å²) in [5.41, 5.74) is -0.599. The number of carbonyl (C=O) groups is 2. The van der Waals surface area contributed by atoms with Gasteiger partial charge in [-0.1, -0.05) is 19.1 Å². The molecule has 1 aromatic rings. The molecule has 0 saturated heterocycles. The first-order chi connectivity index (χ1) is 8.88. The molecule has 1 unspecified atom stereocenters. The van der Waals surface area contributed by atoms with Crippen LogP contribution in [0.1, 0.15) is 35.4 Å². The highest BCUT2D eigenvalue weighted by Gasteiger charge is 2.27. The van der Waals surface area contributed by atoms with E-state index in [1.54, 1.807) is 0 Å². The topological polar surface area (TPSA) is 83.8 Å². The number of alkyl halides is 2. The number of aliphatic carboxylic acids is 1. The van der Waals surface area contributed by atoms with E-state index in [-0.39, 0.29) is 12.0 Å². The SMILES string of the molecule is CCC(=O)c1cccc(OC(F)F)c1C(O)C(=O)O. The van der Waals surface area contributed by atoms with Crippen LogP contribution >= 0.6 is 0 Å². The quantitative estimate of drug-likeness (QED) is 0.775. The van der Waals surface area contributed by atoms with Crippen molar-refractivity contribution in [1.82, 2.24) is 0 Å². The minimum Gasteiger partial charge on any atom is -0.479 e.